The first-order valence-electron chi connectivity index (χ1n) is 13.0. The lowest BCUT2D eigenvalue weighted by molar-refractivity contribution is -0.130. The van der Waals surface area contributed by atoms with Gasteiger partial charge in [0.15, 0.2) is 5.78 Å². The molecule has 1 aliphatic rings. The molecule has 1 N–H and O–H groups in total. The molecule has 3 rings (SSSR count). The molecule has 0 aliphatic heterocycles. The van der Waals surface area contributed by atoms with Gasteiger partial charge in [0.1, 0.15) is 11.9 Å². The number of nitrogens with one attached hydrogen (secondary N) is 1. The van der Waals surface area contributed by atoms with Crippen LogP contribution in [0.3, 0.4) is 0 Å². The molecule has 1 aromatic heterocycles. The van der Waals surface area contributed by atoms with Gasteiger partial charge in [-0.2, -0.15) is 5.26 Å². The van der Waals surface area contributed by atoms with E-state index in [0.29, 0.717) is 31.1 Å². The number of carbonyl (C=O) groups is 3. The highest BCUT2D eigenvalue weighted by Gasteiger charge is 2.31. The van der Waals surface area contributed by atoms with Crippen molar-refractivity contribution >= 4 is 39.0 Å². The molecule has 0 saturated heterocycles. The third kappa shape index (κ3) is 7.33. The van der Waals surface area contributed by atoms with E-state index in [1.54, 1.807) is 11.3 Å². The first-order chi connectivity index (χ1) is 17.2. The summed E-state index contributed by atoms with van der Waals surface area (Å²) in [5.41, 5.74) is 2.12. The number of carbonyl (C=O) groups excluding carboxylic acids is 3. The third-order valence-electron chi connectivity index (χ3n) is 7.23. The smallest absolute Gasteiger partial charge is 0.224 e. The molecule has 1 aromatic carbocycles. The number of benzene rings is 1. The van der Waals surface area contributed by atoms with Crippen LogP contribution in [0.2, 0.25) is 0 Å². The van der Waals surface area contributed by atoms with Crippen LogP contribution in [0.25, 0.3) is 10.2 Å². The highest BCUT2D eigenvalue weighted by atomic mass is 32.1. The quantitative estimate of drug-likeness (QED) is 0.263. The van der Waals surface area contributed by atoms with E-state index in [0.717, 1.165) is 40.9 Å². The molecule has 7 heteroatoms. The molecule has 36 heavy (non-hydrogen) atoms. The minimum atomic E-state index is -0.503. The van der Waals surface area contributed by atoms with E-state index in [2.05, 4.69) is 37.9 Å². The minimum absolute atomic E-state index is 0.0469. The molecule has 0 unspecified atom stereocenters. The normalized spacial score (nSPS) is 15.5. The predicted octanol–water partition coefficient (Wildman–Crippen LogP) is 6.05. The number of nitriles is 1. The average molecular weight is 508 g/mol. The van der Waals surface area contributed by atoms with Gasteiger partial charge in [-0.15, -0.1) is 11.3 Å². The van der Waals surface area contributed by atoms with Gasteiger partial charge in [0.2, 0.25) is 5.91 Å². The van der Waals surface area contributed by atoms with Crippen LogP contribution in [0, 0.1) is 23.2 Å². The Kier molecular flexibility index (Phi) is 9.95. The zero-order chi connectivity index (χ0) is 26.2. The Morgan fingerprint density at radius 3 is 2.61 bits per heavy atom. The third-order valence-corrected chi connectivity index (χ3v) is 8.27. The van der Waals surface area contributed by atoms with Crippen LogP contribution in [-0.4, -0.2) is 28.5 Å². The van der Waals surface area contributed by atoms with Crippen molar-refractivity contribution < 1.29 is 14.4 Å². The van der Waals surface area contributed by atoms with Gasteiger partial charge in [-0.25, -0.2) is 4.98 Å². The molecular formula is C29H37N3O3S. The van der Waals surface area contributed by atoms with E-state index >= 15 is 0 Å². The molecule has 2 aromatic rings. The Bertz CT molecular complexity index is 1150. The number of aromatic nitrogens is 1. The van der Waals surface area contributed by atoms with Crippen LogP contribution >= 0.6 is 11.3 Å². The number of rotatable bonds is 13. The molecule has 0 radical (unpaired) electrons. The Hall–Kier alpha value is -2.85. The van der Waals surface area contributed by atoms with E-state index in [1.165, 1.54) is 5.56 Å². The summed E-state index contributed by atoms with van der Waals surface area (Å²) >= 11 is 1.59. The monoisotopic (exact) mass is 507 g/mol. The molecule has 192 valence electrons. The Morgan fingerprint density at radius 1 is 1.25 bits per heavy atom. The van der Waals surface area contributed by atoms with Crippen LogP contribution in [-0.2, 0) is 20.8 Å². The maximum atomic E-state index is 13.5. The maximum absolute atomic E-state index is 13.5. The van der Waals surface area contributed by atoms with Crippen LogP contribution in [0.4, 0.5) is 0 Å². The average Bonchev–Trinajstić information content (AvgIpc) is 3.54. The lowest BCUT2D eigenvalue weighted by atomic mass is 9.90. The van der Waals surface area contributed by atoms with Gasteiger partial charge in [-0.1, -0.05) is 46.3 Å². The second-order valence-electron chi connectivity index (χ2n) is 10.2. The second kappa shape index (κ2) is 12.9. The highest BCUT2D eigenvalue weighted by molar-refractivity contribution is 7.18. The van der Waals surface area contributed by atoms with Gasteiger partial charge in [0.25, 0.3) is 0 Å². The summed E-state index contributed by atoms with van der Waals surface area (Å²) in [4.78, 5) is 42.9. The SMILES string of the molecule is C=C(C#N)C(=O)CC[C@@H](NC(=O)[C@@H](CC(=O)CC)Cc1nc2ccc(C(C)C)cc2s1)C1CCCC1. The molecule has 1 aliphatic carbocycles. The molecule has 1 amide bonds. The van der Waals surface area contributed by atoms with Gasteiger partial charge < -0.3 is 5.32 Å². The topological polar surface area (TPSA) is 99.9 Å². The fraction of sp³-hybridized carbons (Fsp3) is 0.552. The van der Waals surface area contributed by atoms with Gasteiger partial charge in [0.05, 0.1) is 26.7 Å². The number of allylic oxidation sites excluding steroid dienone is 1. The largest absolute Gasteiger partial charge is 0.353 e. The van der Waals surface area contributed by atoms with Crippen LogP contribution < -0.4 is 5.32 Å². The molecule has 1 heterocycles. The van der Waals surface area contributed by atoms with Crippen molar-refractivity contribution in [3.63, 3.8) is 0 Å². The number of amides is 1. The Labute approximate surface area is 218 Å². The van der Waals surface area contributed by atoms with E-state index in [1.807, 2.05) is 19.1 Å². The summed E-state index contributed by atoms with van der Waals surface area (Å²) in [6, 6.07) is 7.95. The highest BCUT2D eigenvalue weighted by Crippen LogP contribution is 2.31. The Morgan fingerprint density at radius 2 is 1.97 bits per heavy atom. The summed E-state index contributed by atoms with van der Waals surface area (Å²) < 4.78 is 1.09. The van der Waals surface area contributed by atoms with E-state index in [4.69, 9.17) is 10.2 Å². The first kappa shape index (κ1) is 27.7. The number of ketones is 2. The molecular weight excluding hydrogens is 470 g/mol. The fourth-order valence-corrected chi connectivity index (χ4v) is 6.00. The summed E-state index contributed by atoms with van der Waals surface area (Å²) in [6.45, 7) is 9.65. The van der Waals surface area contributed by atoms with Crippen molar-refractivity contribution in [1.82, 2.24) is 10.3 Å². The standard InChI is InChI=1S/C29H37N3O3S/c1-5-23(33)14-22(16-28-31-25-11-10-21(18(2)3)15-27(25)36-28)29(35)32-24(20-8-6-7-9-20)12-13-26(34)19(4)17-30/h10-11,15,18,20,22,24H,4-9,12-14,16H2,1-3H3,(H,32,35)/t22-,24+/m0/s1. The van der Waals surface area contributed by atoms with Crippen molar-refractivity contribution in [3.05, 3.63) is 40.9 Å². The summed E-state index contributed by atoms with van der Waals surface area (Å²) in [7, 11) is 0. The lowest BCUT2D eigenvalue weighted by Crippen LogP contribution is -2.44. The predicted molar refractivity (Wildman–Crippen MR) is 144 cm³/mol. The molecule has 1 fully saturated rings. The fourth-order valence-electron chi connectivity index (χ4n) is 4.91. The molecule has 1 saturated carbocycles. The zero-order valence-electron chi connectivity index (χ0n) is 21.6. The molecule has 2 atom stereocenters. The number of hydrogen-bond donors (Lipinski definition) is 1. The number of hydrogen-bond acceptors (Lipinski definition) is 6. The van der Waals surface area contributed by atoms with Gasteiger partial charge >= 0.3 is 0 Å². The Balaban J connectivity index is 1.77. The zero-order valence-corrected chi connectivity index (χ0v) is 22.5. The van der Waals surface area contributed by atoms with E-state index in [9.17, 15) is 14.4 Å². The maximum Gasteiger partial charge on any atom is 0.224 e. The summed E-state index contributed by atoms with van der Waals surface area (Å²) in [6.07, 6.45) is 5.87. The van der Waals surface area contributed by atoms with Crippen LogP contribution in [0.5, 0.6) is 0 Å². The van der Waals surface area contributed by atoms with Crippen molar-refractivity contribution in [3.8, 4) is 6.07 Å². The van der Waals surface area contributed by atoms with Crippen molar-refractivity contribution in [2.75, 3.05) is 0 Å². The van der Waals surface area contributed by atoms with Crippen molar-refractivity contribution in [1.29, 1.82) is 5.26 Å². The first-order valence-corrected chi connectivity index (χ1v) is 13.9. The van der Waals surface area contributed by atoms with E-state index < -0.39 is 5.92 Å². The van der Waals surface area contributed by atoms with E-state index in [-0.39, 0.29) is 41.9 Å². The number of fused-ring (bicyclic) bond motifs is 1. The molecule has 0 bridgehead atoms. The number of thiazole rings is 1. The minimum Gasteiger partial charge on any atom is -0.353 e. The lowest BCUT2D eigenvalue weighted by Gasteiger charge is -2.27. The second-order valence-corrected chi connectivity index (χ2v) is 11.3. The van der Waals surface area contributed by atoms with Crippen LogP contribution in [0.1, 0.15) is 88.6 Å². The number of Topliss-reactive ketones (excluding diaryl/α,β-unsaturated/α-hetero) is 2. The number of nitrogens with zero attached hydrogens (tertiary/aromatic N) is 2. The van der Waals surface area contributed by atoms with Crippen molar-refractivity contribution in [2.24, 2.45) is 11.8 Å². The van der Waals surface area contributed by atoms with Crippen molar-refractivity contribution in [2.45, 2.75) is 90.5 Å². The molecule has 6 nitrogen and oxygen atoms in total. The summed E-state index contributed by atoms with van der Waals surface area (Å²) in [5.74, 6) is -0.153. The van der Waals surface area contributed by atoms with Gasteiger partial charge in [-0.05, 0) is 48.8 Å². The molecule has 0 spiro atoms. The summed E-state index contributed by atoms with van der Waals surface area (Å²) in [5, 5.41) is 13.0. The van der Waals surface area contributed by atoms with Gasteiger partial charge in [-0.3, -0.25) is 14.4 Å². The van der Waals surface area contributed by atoms with Gasteiger partial charge in [0, 0.05) is 31.7 Å². The van der Waals surface area contributed by atoms with Crippen LogP contribution in [0.15, 0.2) is 30.4 Å².